The summed E-state index contributed by atoms with van der Waals surface area (Å²) >= 11 is 1.32. The molecular weight excluding hydrogens is 242 g/mol. The first-order valence-corrected chi connectivity index (χ1v) is 6.71. The molecule has 0 bridgehead atoms. The third-order valence-corrected chi connectivity index (χ3v) is 3.25. The maximum absolute atomic E-state index is 10.8. The molecule has 90 valence electrons. The van der Waals surface area contributed by atoms with Crippen molar-refractivity contribution in [2.24, 2.45) is 0 Å². The molecule has 1 aromatic heterocycles. The van der Waals surface area contributed by atoms with E-state index in [1.165, 1.54) is 11.8 Å². The summed E-state index contributed by atoms with van der Waals surface area (Å²) in [6.45, 7) is 1.58. The van der Waals surface area contributed by atoms with Crippen molar-refractivity contribution in [2.75, 3.05) is 5.75 Å². The molecule has 0 unspecified atom stereocenters. The Hall–Kier alpha value is -1.79. The van der Waals surface area contributed by atoms with Gasteiger partial charge in [-0.2, -0.15) is 0 Å². The quantitative estimate of drug-likeness (QED) is 0.609. The predicted octanol–water partition coefficient (Wildman–Crippen LogP) is 3.26. The van der Waals surface area contributed by atoms with Crippen LogP contribution in [0.3, 0.4) is 0 Å². The molecule has 2 rings (SSSR count). The normalized spacial score (nSPS) is 9.83. The maximum Gasteiger partial charge on any atom is 0.185 e. The molecular formula is C15H13NOS. The van der Waals surface area contributed by atoms with E-state index in [0.29, 0.717) is 0 Å². The number of hydrogen-bond donors (Lipinski definition) is 0. The van der Waals surface area contributed by atoms with Crippen molar-refractivity contribution in [3.05, 3.63) is 42.2 Å². The van der Waals surface area contributed by atoms with Gasteiger partial charge in [0.15, 0.2) is 5.12 Å². The molecule has 0 spiro atoms. The van der Waals surface area contributed by atoms with Gasteiger partial charge >= 0.3 is 0 Å². The average Bonchev–Trinajstić information content (AvgIpc) is 2.38. The number of benzene rings is 1. The van der Waals surface area contributed by atoms with Crippen LogP contribution in [0.2, 0.25) is 0 Å². The van der Waals surface area contributed by atoms with E-state index in [2.05, 4.69) is 16.8 Å². The number of thioether (sulfide) groups is 1. The molecule has 0 N–H and O–H groups in total. The van der Waals surface area contributed by atoms with E-state index in [1.54, 1.807) is 13.1 Å². The third-order valence-electron chi connectivity index (χ3n) is 2.44. The third kappa shape index (κ3) is 3.35. The van der Waals surface area contributed by atoms with Crippen LogP contribution in [0.4, 0.5) is 0 Å². The summed E-state index contributed by atoms with van der Waals surface area (Å²) in [6, 6.07) is 7.99. The van der Waals surface area contributed by atoms with Crippen LogP contribution in [0.25, 0.3) is 10.8 Å². The minimum atomic E-state index is 0.146. The van der Waals surface area contributed by atoms with Gasteiger partial charge in [-0.25, -0.2) is 0 Å². The summed E-state index contributed by atoms with van der Waals surface area (Å²) in [5.74, 6) is 7.02. The van der Waals surface area contributed by atoms with Gasteiger partial charge in [-0.15, -0.1) is 0 Å². The first-order chi connectivity index (χ1) is 8.77. The molecule has 0 aliphatic rings. The zero-order valence-corrected chi connectivity index (χ0v) is 11.0. The summed E-state index contributed by atoms with van der Waals surface area (Å²) in [4.78, 5) is 14.9. The monoisotopic (exact) mass is 255 g/mol. The summed E-state index contributed by atoms with van der Waals surface area (Å²) in [7, 11) is 0. The molecule has 2 aromatic rings. The number of nitrogens with zero attached hydrogens (tertiary/aromatic N) is 1. The van der Waals surface area contributed by atoms with Crippen LogP contribution >= 0.6 is 11.8 Å². The molecule has 1 aromatic carbocycles. The first-order valence-electron chi connectivity index (χ1n) is 5.72. The molecule has 0 saturated heterocycles. The van der Waals surface area contributed by atoms with Crippen LogP contribution in [-0.2, 0) is 4.79 Å². The number of carbonyl (C=O) groups excluding carboxylic acids is 1. The second-order valence-electron chi connectivity index (χ2n) is 3.79. The highest BCUT2D eigenvalue weighted by Crippen LogP contribution is 2.16. The van der Waals surface area contributed by atoms with E-state index in [1.807, 2.05) is 30.5 Å². The molecule has 0 aliphatic carbocycles. The van der Waals surface area contributed by atoms with Gasteiger partial charge < -0.3 is 0 Å². The lowest BCUT2D eigenvalue weighted by Gasteiger charge is -1.98. The zero-order chi connectivity index (χ0) is 12.8. The van der Waals surface area contributed by atoms with Crippen molar-refractivity contribution >= 4 is 27.6 Å². The maximum atomic E-state index is 10.8. The largest absolute Gasteiger partial charge is 0.288 e. The lowest BCUT2D eigenvalue weighted by atomic mass is 10.1. The highest BCUT2D eigenvalue weighted by atomic mass is 32.2. The lowest BCUT2D eigenvalue weighted by molar-refractivity contribution is -0.109. The van der Waals surface area contributed by atoms with Crippen LogP contribution in [-0.4, -0.2) is 15.9 Å². The van der Waals surface area contributed by atoms with Gasteiger partial charge in [0.25, 0.3) is 0 Å². The Balaban J connectivity index is 2.12. The van der Waals surface area contributed by atoms with Gasteiger partial charge in [0.2, 0.25) is 0 Å². The second kappa shape index (κ2) is 6.23. The molecule has 3 heteroatoms. The lowest BCUT2D eigenvalue weighted by Crippen LogP contribution is -1.84. The summed E-state index contributed by atoms with van der Waals surface area (Å²) in [5.41, 5.74) is 1.02. The van der Waals surface area contributed by atoms with E-state index in [4.69, 9.17) is 0 Å². The van der Waals surface area contributed by atoms with Gasteiger partial charge in [0.1, 0.15) is 0 Å². The molecule has 0 saturated carbocycles. The van der Waals surface area contributed by atoms with Crippen LogP contribution in [0, 0.1) is 11.8 Å². The van der Waals surface area contributed by atoms with Crippen LogP contribution in [0.15, 0.2) is 36.7 Å². The minimum Gasteiger partial charge on any atom is -0.288 e. The number of hydrogen-bond acceptors (Lipinski definition) is 3. The molecule has 18 heavy (non-hydrogen) atoms. The Morgan fingerprint density at radius 2 is 2.28 bits per heavy atom. The molecule has 0 radical (unpaired) electrons. The fourth-order valence-electron chi connectivity index (χ4n) is 1.64. The summed E-state index contributed by atoms with van der Waals surface area (Å²) < 4.78 is 0. The van der Waals surface area contributed by atoms with E-state index < -0.39 is 0 Å². The number of rotatable bonds is 2. The molecule has 2 nitrogen and oxygen atoms in total. The van der Waals surface area contributed by atoms with Crippen molar-refractivity contribution in [2.45, 2.75) is 13.3 Å². The smallest absolute Gasteiger partial charge is 0.185 e. The number of pyridine rings is 1. The predicted molar refractivity (Wildman–Crippen MR) is 76.4 cm³/mol. The standard InChI is InChI=1S/C15H13NOS/c1-12(17)18-10-3-2-5-13-6-4-7-14-11-16-9-8-15(13)14/h4,6-9,11H,3,10H2,1H3. The van der Waals surface area contributed by atoms with E-state index in [0.717, 1.165) is 28.5 Å². The van der Waals surface area contributed by atoms with Gasteiger partial charge in [-0.1, -0.05) is 35.7 Å². The minimum absolute atomic E-state index is 0.146. The summed E-state index contributed by atoms with van der Waals surface area (Å²) in [5, 5.41) is 2.37. The fourth-order valence-corrected chi connectivity index (χ4v) is 2.13. The highest BCUT2D eigenvalue weighted by molar-refractivity contribution is 8.13. The van der Waals surface area contributed by atoms with Crippen molar-refractivity contribution in [3.8, 4) is 11.8 Å². The number of aromatic nitrogens is 1. The van der Waals surface area contributed by atoms with Gasteiger partial charge in [0.05, 0.1) is 0 Å². The Bertz CT molecular complexity index is 620. The van der Waals surface area contributed by atoms with Gasteiger partial charge in [-0.3, -0.25) is 9.78 Å². The molecule has 0 amide bonds. The molecule has 1 heterocycles. The van der Waals surface area contributed by atoms with E-state index in [9.17, 15) is 4.79 Å². The van der Waals surface area contributed by atoms with Gasteiger partial charge in [0, 0.05) is 47.8 Å². The average molecular weight is 255 g/mol. The van der Waals surface area contributed by atoms with Crippen molar-refractivity contribution in [1.29, 1.82) is 0 Å². The highest BCUT2D eigenvalue weighted by Gasteiger charge is 1.96. The van der Waals surface area contributed by atoms with E-state index >= 15 is 0 Å². The Kier molecular flexibility index (Phi) is 4.38. The molecule has 0 atom stereocenters. The van der Waals surface area contributed by atoms with Crippen LogP contribution < -0.4 is 0 Å². The SMILES string of the molecule is CC(=O)SCCC#Cc1cccc2cnccc12. The molecule has 0 aliphatic heterocycles. The second-order valence-corrected chi connectivity index (χ2v) is 5.07. The van der Waals surface area contributed by atoms with Crippen molar-refractivity contribution in [3.63, 3.8) is 0 Å². The zero-order valence-electron chi connectivity index (χ0n) is 10.1. The Labute approximate surface area is 111 Å². The first kappa shape index (κ1) is 12.7. The van der Waals surface area contributed by atoms with Crippen LogP contribution in [0.1, 0.15) is 18.9 Å². The number of carbonyl (C=O) groups is 1. The van der Waals surface area contributed by atoms with Crippen molar-refractivity contribution in [1.82, 2.24) is 4.98 Å². The Morgan fingerprint density at radius 1 is 1.39 bits per heavy atom. The fraction of sp³-hybridized carbons (Fsp3) is 0.200. The number of fused-ring (bicyclic) bond motifs is 1. The molecule has 0 fully saturated rings. The van der Waals surface area contributed by atoms with Crippen molar-refractivity contribution < 1.29 is 4.79 Å². The summed E-state index contributed by atoms with van der Waals surface area (Å²) in [6.07, 6.45) is 4.34. The van der Waals surface area contributed by atoms with Gasteiger partial charge in [-0.05, 0) is 12.1 Å². The topological polar surface area (TPSA) is 30.0 Å². The van der Waals surface area contributed by atoms with E-state index in [-0.39, 0.29) is 5.12 Å². The van der Waals surface area contributed by atoms with Crippen LogP contribution in [0.5, 0.6) is 0 Å². The Morgan fingerprint density at radius 3 is 3.11 bits per heavy atom.